The fourth-order valence-corrected chi connectivity index (χ4v) is 1.76. The molecule has 0 unspecified atom stereocenters. The minimum atomic E-state index is -0.258. The number of benzene rings is 1. The zero-order valence-electron chi connectivity index (χ0n) is 8.73. The van der Waals surface area contributed by atoms with Gasteiger partial charge in [0.15, 0.2) is 0 Å². The number of amides is 2. The van der Waals surface area contributed by atoms with Crippen molar-refractivity contribution in [1.82, 2.24) is 5.32 Å². The molecule has 2 amide bonds. The van der Waals surface area contributed by atoms with Crippen molar-refractivity contribution >= 4 is 34.3 Å². The molecule has 0 saturated carbocycles. The van der Waals surface area contributed by atoms with Crippen molar-refractivity contribution in [3.8, 4) is 0 Å². The molecule has 1 rings (SSSR count). The highest BCUT2D eigenvalue weighted by Gasteiger charge is 2.03. The molecule has 0 radical (unpaired) electrons. The van der Waals surface area contributed by atoms with Gasteiger partial charge in [0.1, 0.15) is 0 Å². The molecule has 1 aromatic rings. The van der Waals surface area contributed by atoms with E-state index in [9.17, 15) is 4.79 Å². The van der Waals surface area contributed by atoms with E-state index in [1.165, 1.54) is 0 Å². The predicted molar refractivity (Wildman–Crippen MR) is 70.9 cm³/mol. The second-order valence-corrected chi connectivity index (χ2v) is 4.56. The maximum atomic E-state index is 11.4. The summed E-state index contributed by atoms with van der Waals surface area (Å²) in [4.78, 5) is 11.4. The standard InChI is InChI=1S/C11H13IN2O/c1-7(2)13-11(15)14-10-5-4-9(12)6-8(10)3/h4-6H,1H2,2-3H3,(H2,13,14,15). The summed E-state index contributed by atoms with van der Waals surface area (Å²) in [6.45, 7) is 7.29. The molecule has 15 heavy (non-hydrogen) atoms. The van der Waals surface area contributed by atoms with Crippen molar-refractivity contribution < 1.29 is 4.79 Å². The van der Waals surface area contributed by atoms with E-state index >= 15 is 0 Å². The average molecular weight is 316 g/mol. The van der Waals surface area contributed by atoms with E-state index < -0.39 is 0 Å². The molecule has 0 bridgehead atoms. The lowest BCUT2D eigenvalue weighted by atomic mass is 10.2. The summed E-state index contributed by atoms with van der Waals surface area (Å²) in [6.07, 6.45) is 0. The Labute approximate surface area is 103 Å². The number of urea groups is 1. The second-order valence-electron chi connectivity index (χ2n) is 3.32. The molecular formula is C11H13IN2O. The number of rotatable bonds is 2. The predicted octanol–water partition coefficient (Wildman–Crippen LogP) is 3.25. The minimum absolute atomic E-state index is 0.258. The number of anilines is 1. The summed E-state index contributed by atoms with van der Waals surface area (Å²) < 4.78 is 1.15. The van der Waals surface area contributed by atoms with Crippen molar-refractivity contribution in [2.75, 3.05) is 5.32 Å². The fraction of sp³-hybridized carbons (Fsp3) is 0.182. The van der Waals surface area contributed by atoms with E-state index in [0.717, 1.165) is 14.8 Å². The van der Waals surface area contributed by atoms with Gasteiger partial charge in [0, 0.05) is 15.0 Å². The summed E-state index contributed by atoms with van der Waals surface area (Å²) in [5, 5.41) is 5.34. The third kappa shape index (κ3) is 3.91. The van der Waals surface area contributed by atoms with E-state index in [2.05, 4.69) is 39.8 Å². The Kier molecular flexibility index (Phi) is 4.14. The maximum absolute atomic E-state index is 11.4. The number of hydrogen-bond donors (Lipinski definition) is 2. The van der Waals surface area contributed by atoms with E-state index in [-0.39, 0.29) is 6.03 Å². The third-order valence-electron chi connectivity index (χ3n) is 1.76. The molecule has 1 aromatic carbocycles. The van der Waals surface area contributed by atoms with E-state index in [4.69, 9.17) is 0 Å². The lowest BCUT2D eigenvalue weighted by Gasteiger charge is -2.09. The first-order valence-electron chi connectivity index (χ1n) is 4.48. The van der Waals surface area contributed by atoms with Gasteiger partial charge in [-0.3, -0.25) is 0 Å². The Balaban J connectivity index is 2.72. The highest BCUT2D eigenvalue weighted by Crippen LogP contribution is 2.17. The first kappa shape index (κ1) is 12.0. The molecule has 0 atom stereocenters. The van der Waals surface area contributed by atoms with Gasteiger partial charge in [-0.1, -0.05) is 6.58 Å². The van der Waals surface area contributed by atoms with Gasteiger partial charge in [0.2, 0.25) is 0 Å². The van der Waals surface area contributed by atoms with E-state index in [1.807, 2.05) is 25.1 Å². The summed E-state index contributed by atoms with van der Waals surface area (Å²) in [5.74, 6) is 0. The SMILES string of the molecule is C=C(C)NC(=O)Nc1ccc(I)cc1C. The van der Waals surface area contributed by atoms with Gasteiger partial charge < -0.3 is 10.6 Å². The van der Waals surface area contributed by atoms with Gasteiger partial charge in [0.05, 0.1) is 0 Å². The Hall–Kier alpha value is -1.04. The Bertz CT molecular complexity index is 402. The lowest BCUT2D eigenvalue weighted by molar-refractivity contribution is 0.254. The monoisotopic (exact) mass is 316 g/mol. The number of nitrogens with one attached hydrogen (secondary N) is 2. The topological polar surface area (TPSA) is 41.1 Å². The van der Waals surface area contributed by atoms with Crippen molar-refractivity contribution in [2.24, 2.45) is 0 Å². The number of allylic oxidation sites excluding steroid dienone is 1. The zero-order chi connectivity index (χ0) is 11.4. The zero-order valence-corrected chi connectivity index (χ0v) is 10.9. The van der Waals surface area contributed by atoms with Crippen LogP contribution < -0.4 is 10.6 Å². The van der Waals surface area contributed by atoms with E-state index in [1.54, 1.807) is 6.92 Å². The van der Waals surface area contributed by atoms with Crippen molar-refractivity contribution in [3.63, 3.8) is 0 Å². The van der Waals surface area contributed by atoms with Gasteiger partial charge >= 0.3 is 6.03 Å². The summed E-state index contributed by atoms with van der Waals surface area (Å²) in [6, 6.07) is 5.59. The summed E-state index contributed by atoms with van der Waals surface area (Å²) >= 11 is 2.23. The Morgan fingerprint density at radius 2 is 2.13 bits per heavy atom. The average Bonchev–Trinajstić information content (AvgIpc) is 2.08. The molecule has 0 aliphatic rings. The van der Waals surface area contributed by atoms with Crippen molar-refractivity contribution in [3.05, 3.63) is 39.6 Å². The van der Waals surface area contributed by atoms with Crippen molar-refractivity contribution in [2.45, 2.75) is 13.8 Å². The minimum Gasteiger partial charge on any atom is -0.312 e. The smallest absolute Gasteiger partial charge is 0.312 e. The molecule has 2 N–H and O–H groups in total. The van der Waals surface area contributed by atoms with Crippen LogP contribution in [0.15, 0.2) is 30.5 Å². The van der Waals surface area contributed by atoms with Crippen LogP contribution in [0.2, 0.25) is 0 Å². The highest BCUT2D eigenvalue weighted by molar-refractivity contribution is 14.1. The van der Waals surface area contributed by atoms with Gasteiger partial charge in [0.25, 0.3) is 0 Å². The van der Waals surface area contributed by atoms with Crippen LogP contribution in [0.4, 0.5) is 10.5 Å². The lowest BCUT2D eigenvalue weighted by Crippen LogP contribution is -2.26. The molecule has 80 valence electrons. The number of carbonyl (C=O) groups excluding carboxylic acids is 1. The largest absolute Gasteiger partial charge is 0.323 e. The van der Waals surface area contributed by atoms with Crippen LogP contribution in [0.3, 0.4) is 0 Å². The van der Waals surface area contributed by atoms with Gasteiger partial charge in [-0.2, -0.15) is 0 Å². The molecule has 0 aliphatic carbocycles. The van der Waals surface area contributed by atoms with Crippen LogP contribution >= 0.6 is 22.6 Å². The summed E-state index contributed by atoms with van der Waals surface area (Å²) in [5.41, 5.74) is 2.48. The molecule has 4 heteroatoms. The molecule has 0 aromatic heterocycles. The van der Waals surface area contributed by atoms with Crippen LogP contribution in [0.25, 0.3) is 0 Å². The number of aryl methyl sites for hydroxylation is 1. The van der Waals surface area contributed by atoms with Crippen LogP contribution in [0.5, 0.6) is 0 Å². The normalized spacial score (nSPS) is 9.53. The van der Waals surface area contributed by atoms with Crippen LogP contribution in [0.1, 0.15) is 12.5 Å². The highest BCUT2D eigenvalue weighted by atomic mass is 127. The molecule has 0 spiro atoms. The summed E-state index contributed by atoms with van der Waals surface area (Å²) in [7, 11) is 0. The van der Waals surface area contributed by atoms with Gasteiger partial charge in [-0.25, -0.2) is 4.79 Å². The number of carbonyl (C=O) groups is 1. The molecule has 0 aliphatic heterocycles. The van der Waals surface area contributed by atoms with Gasteiger partial charge in [-0.15, -0.1) is 0 Å². The maximum Gasteiger partial charge on any atom is 0.323 e. The Morgan fingerprint density at radius 3 is 2.67 bits per heavy atom. The fourth-order valence-electron chi connectivity index (χ4n) is 1.11. The number of hydrogen-bond acceptors (Lipinski definition) is 1. The van der Waals surface area contributed by atoms with Crippen LogP contribution in [-0.4, -0.2) is 6.03 Å². The van der Waals surface area contributed by atoms with Crippen LogP contribution in [0, 0.1) is 10.5 Å². The molecule has 3 nitrogen and oxygen atoms in total. The quantitative estimate of drug-likeness (QED) is 0.808. The van der Waals surface area contributed by atoms with E-state index in [0.29, 0.717) is 5.70 Å². The third-order valence-corrected chi connectivity index (χ3v) is 2.43. The molecular weight excluding hydrogens is 303 g/mol. The number of halogens is 1. The second kappa shape index (κ2) is 5.16. The van der Waals surface area contributed by atoms with Gasteiger partial charge in [-0.05, 0) is 60.2 Å². The first-order chi connectivity index (χ1) is 6.99. The Morgan fingerprint density at radius 1 is 1.47 bits per heavy atom. The molecule has 0 heterocycles. The molecule has 0 saturated heterocycles. The van der Waals surface area contributed by atoms with Crippen LogP contribution in [-0.2, 0) is 0 Å². The van der Waals surface area contributed by atoms with Crippen molar-refractivity contribution in [1.29, 1.82) is 0 Å². The molecule has 0 fully saturated rings. The first-order valence-corrected chi connectivity index (χ1v) is 5.56.